The minimum Gasteiger partial charge on any atom is -0.299 e. The number of nitrogens with zero attached hydrogens (tertiary/aromatic N) is 2. The van der Waals surface area contributed by atoms with Crippen LogP contribution in [0.25, 0.3) is 0 Å². The smallest absolute Gasteiger partial charge is 0.299 e. The van der Waals surface area contributed by atoms with Crippen molar-refractivity contribution >= 4 is 17.8 Å². The standard InChI is InChI=1S/C14H21N3O3/c1-10(16-7-2-3-8-16)9-17-12(19)14(5-4-6-14)11(18)15-13(17)20/h10H,2-9H2,1H3,(H,15,18,20). The number of rotatable bonds is 3. The molecule has 4 amide bonds. The van der Waals surface area contributed by atoms with Crippen LogP contribution in [0.2, 0.25) is 0 Å². The third-order valence-corrected chi connectivity index (χ3v) is 4.97. The van der Waals surface area contributed by atoms with Crippen molar-refractivity contribution in [2.75, 3.05) is 19.6 Å². The van der Waals surface area contributed by atoms with Gasteiger partial charge in [-0.3, -0.25) is 24.7 Å². The first kappa shape index (κ1) is 13.5. The lowest BCUT2D eigenvalue weighted by Gasteiger charge is -2.45. The Bertz CT molecular complexity index is 453. The summed E-state index contributed by atoms with van der Waals surface area (Å²) in [6, 6.07) is -0.402. The second-order valence-corrected chi connectivity index (χ2v) is 6.20. The Morgan fingerprint density at radius 2 is 1.80 bits per heavy atom. The first-order chi connectivity index (χ1) is 9.54. The van der Waals surface area contributed by atoms with Crippen molar-refractivity contribution in [3.05, 3.63) is 0 Å². The molecule has 1 atom stereocenters. The Morgan fingerprint density at radius 1 is 1.15 bits per heavy atom. The molecule has 1 saturated carbocycles. The molecule has 110 valence electrons. The fourth-order valence-corrected chi connectivity index (χ4v) is 3.43. The molecule has 0 bridgehead atoms. The van der Waals surface area contributed by atoms with Crippen LogP contribution in [0.5, 0.6) is 0 Å². The molecule has 3 fully saturated rings. The topological polar surface area (TPSA) is 69.7 Å². The van der Waals surface area contributed by atoms with E-state index in [2.05, 4.69) is 10.2 Å². The number of nitrogens with one attached hydrogen (secondary N) is 1. The Hall–Kier alpha value is -1.43. The predicted octanol–water partition coefficient (Wildman–Crippen LogP) is 0.719. The zero-order valence-corrected chi connectivity index (χ0v) is 11.9. The summed E-state index contributed by atoms with van der Waals surface area (Å²) in [4.78, 5) is 39.9. The molecule has 0 aromatic heterocycles. The molecule has 1 N–H and O–H groups in total. The number of likely N-dealkylation sites (tertiary alicyclic amines) is 1. The van der Waals surface area contributed by atoms with Crippen LogP contribution in [0.15, 0.2) is 0 Å². The molecule has 2 aliphatic heterocycles. The molecule has 2 saturated heterocycles. The van der Waals surface area contributed by atoms with Crippen LogP contribution in [0.1, 0.15) is 39.0 Å². The summed E-state index contributed by atoms with van der Waals surface area (Å²) in [5.41, 5.74) is -0.946. The van der Waals surface area contributed by atoms with Gasteiger partial charge >= 0.3 is 6.03 Å². The van der Waals surface area contributed by atoms with Crippen molar-refractivity contribution in [2.24, 2.45) is 5.41 Å². The van der Waals surface area contributed by atoms with E-state index in [1.54, 1.807) is 0 Å². The summed E-state index contributed by atoms with van der Waals surface area (Å²) in [6.07, 6.45) is 4.36. The molecular weight excluding hydrogens is 258 g/mol. The molecule has 6 heteroatoms. The summed E-state index contributed by atoms with van der Waals surface area (Å²) in [5, 5.41) is 2.36. The highest BCUT2D eigenvalue weighted by Crippen LogP contribution is 2.44. The van der Waals surface area contributed by atoms with E-state index in [4.69, 9.17) is 0 Å². The predicted molar refractivity (Wildman–Crippen MR) is 71.8 cm³/mol. The van der Waals surface area contributed by atoms with Crippen molar-refractivity contribution in [3.8, 4) is 0 Å². The van der Waals surface area contributed by atoms with Crippen molar-refractivity contribution in [2.45, 2.75) is 45.1 Å². The average Bonchev–Trinajstić information content (AvgIpc) is 2.86. The largest absolute Gasteiger partial charge is 0.330 e. The van der Waals surface area contributed by atoms with Crippen molar-refractivity contribution in [1.29, 1.82) is 0 Å². The van der Waals surface area contributed by atoms with Crippen LogP contribution in [-0.4, -0.2) is 53.3 Å². The Labute approximate surface area is 118 Å². The zero-order valence-electron chi connectivity index (χ0n) is 11.9. The molecule has 0 aromatic carbocycles. The van der Waals surface area contributed by atoms with E-state index in [0.717, 1.165) is 19.5 Å². The van der Waals surface area contributed by atoms with E-state index >= 15 is 0 Å². The van der Waals surface area contributed by atoms with Crippen LogP contribution in [-0.2, 0) is 9.59 Å². The molecule has 0 aromatic rings. The van der Waals surface area contributed by atoms with Crippen LogP contribution in [0, 0.1) is 5.41 Å². The number of urea groups is 1. The molecule has 3 aliphatic rings. The second-order valence-electron chi connectivity index (χ2n) is 6.20. The average molecular weight is 279 g/mol. The van der Waals surface area contributed by atoms with Crippen LogP contribution < -0.4 is 5.32 Å². The fourth-order valence-electron chi connectivity index (χ4n) is 3.43. The number of amides is 4. The highest BCUT2D eigenvalue weighted by molar-refractivity contribution is 6.19. The number of carbonyl (C=O) groups excluding carboxylic acids is 3. The van der Waals surface area contributed by atoms with Gasteiger partial charge in [-0.15, -0.1) is 0 Å². The summed E-state index contributed by atoms with van der Waals surface area (Å²) in [7, 11) is 0. The van der Waals surface area contributed by atoms with Gasteiger partial charge in [0.05, 0.1) is 0 Å². The lowest BCUT2D eigenvalue weighted by Crippen LogP contribution is -2.67. The van der Waals surface area contributed by atoms with Crippen LogP contribution >= 0.6 is 0 Å². The maximum Gasteiger partial charge on any atom is 0.330 e. The quantitative estimate of drug-likeness (QED) is 0.773. The molecule has 2 heterocycles. The lowest BCUT2D eigenvalue weighted by molar-refractivity contribution is -0.158. The van der Waals surface area contributed by atoms with E-state index in [1.165, 1.54) is 17.7 Å². The van der Waals surface area contributed by atoms with Gasteiger partial charge in [-0.2, -0.15) is 0 Å². The van der Waals surface area contributed by atoms with E-state index in [9.17, 15) is 14.4 Å². The summed E-state index contributed by atoms with van der Waals surface area (Å²) < 4.78 is 0. The summed E-state index contributed by atoms with van der Waals surface area (Å²) in [6.45, 7) is 4.46. The molecule has 1 spiro atoms. The highest BCUT2D eigenvalue weighted by Gasteiger charge is 2.57. The maximum absolute atomic E-state index is 12.5. The number of barbiturate groups is 1. The Kier molecular flexibility index (Phi) is 3.28. The molecule has 6 nitrogen and oxygen atoms in total. The van der Waals surface area contributed by atoms with Crippen molar-refractivity contribution in [1.82, 2.24) is 15.1 Å². The van der Waals surface area contributed by atoms with E-state index in [-0.39, 0.29) is 11.9 Å². The molecular formula is C14H21N3O3. The van der Waals surface area contributed by atoms with E-state index < -0.39 is 17.4 Å². The zero-order chi connectivity index (χ0) is 14.3. The van der Waals surface area contributed by atoms with E-state index in [0.29, 0.717) is 19.4 Å². The van der Waals surface area contributed by atoms with Gasteiger partial charge in [-0.25, -0.2) is 4.79 Å². The van der Waals surface area contributed by atoms with Gasteiger partial charge in [0.25, 0.3) is 0 Å². The van der Waals surface area contributed by atoms with Crippen molar-refractivity contribution < 1.29 is 14.4 Å². The molecule has 3 rings (SSSR count). The molecule has 1 unspecified atom stereocenters. The van der Waals surface area contributed by atoms with Gasteiger partial charge in [-0.05, 0) is 45.7 Å². The van der Waals surface area contributed by atoms with Gasteiger partial charge in [0.1, 0.15) is 5.41 Å². The number of hydrogen-bond acceptors (Lipinski definition) is 4. The first-order valence-corrected chi connectivity index (χ1v) is 7.46. The monoisotopic (exact) mass is 279 g/mol. The Morgan fingerprint density at radius 3 is 2.35 bits per heavy atom. The lowest BCUT2D eigenvalue weighted by atomic mass is 9.66. The minimum atomic E-state index is -0.946. The molecule has 20 heavy (non-hydrogen) atoms. The maximum atomic E-state index is 12.5. The van der Waals surface area contributed by atoms with Crippen LogP contribution in [0.3, 0.4) is 0 Å². The molecule has 0 radical (unpaired) electrons. The first-order valence-electron chi connectivity index (χ1n) is 7.46. The van der Waals surface area contributed by atoms with Gasteiger partial charge in [-0.1, -0.05) is 6.42 Å². The minimum absolute atomic E-state index is 0.150. The summed E-state index contributed by atoms with van der Waals surface area (Å²) in [5.74, 6) is -0.688. The normalized spacial score (nSPS) is 27.6. The fraction of sp³-hybridized carbons (Fsp3) is 0.786. The third kappa shape index (κ3) is 1.93. The third-order valence-electron chi connectivity index (χ3n) is 4.97. The van der Waals surface area contributed by atoms with Gasteiger partial charge < -0.3 is 0 Å². The summed E-state index contributed by atoms with van der Waals surface area (Å²) >= 11 is 0. The number of imide groups is 2. The van der Waals surface area contributed by atoms with Gasteiger partial charge in [0.2, 0.25) is 11.8 Å². The van der Waals surface area contributed by atoms with Gasteiger partial charge in [0, 0.05) is 12.6 Å². The second kappa shape index (κ2) is 4.84. The highest BCUT2D eigenvalue weighted by atomic mass is 16.2. The van der Waals surface area contributed by atoms with Crippen molar-refractivity contribution in [3.63, 3.8) is 0 Å². The number of carbonyl (C=O) groups is 3. The molecule has 1 aliphatic carbocycles. The number of hydrogen-bond donors (Lipinski definition) is 1. The van der Waals surface area contributed by atoms with E-state index in [1.807, 2.05) is 6.92 Å². The SMILES string of the molecule is CC(CN1C(=O)NC(=O)C2(CCC2)C1=O)N1CCCC1. The Balaban J connectivity index is 1.72. The van der Waals surface area contributed by atoms with Crippen LogP contribution in [0.4, 0.5) is 4.79 Å². The van der Waals surface area contributed by atoms with Gasteiger partial charge in [0.15, 0.2) is 0 Å².